The third kappa shape index (κ3) is 9.27. The molecule has 0 radical (unpaired) electrons. The van der Waals surface area contributed by atoms with Gasteiger partial charge in [-0.2, -0.15) is 0 Å². The zero-order chi connectivity index (χ0) is 35.9. The SMILES string of the molecule is Cc1p[pH]c(C)c1C.Cl.Cl.O=P(c1ccccc1)(c1ccccc1)C(P(=O)(c1ccccc1)c1ccccc1)P(=O)(c1ccccc1)c1ccccc1.[Zr]. The van der Waals surface area contributed by atoms with Gasteiger partial charge in [-0.05, 0) is 36.9 Å². The molecule has 11 heteroatoms. The number of hydrogen-bond acceptors (Lipinski definition) is 3. The van der Waals surface area contributed by atoms with Crippen molar-refractivity contribution in [3.8, 4) is 0 Å². The van der Waals surface area contributed by atoms with Crippen LogP contribution in [0.5, 0.6) is 0 Å². The summed E-state index contributed by atoms with van der Waals surface area (Å²) in [7, 11) is -9.29. The molecule has 0 amide bonds. The van der Waals surface area contributed by atoms with E-state index in [-0.39, 0.29) is 51.0 Å². The van der Waals surface area contributed by atoms with Gasteiger partial charge in [0.25, 0.3) is 0 Å². The van der Waals surface area contributed by atoms with Gasteiger partial charge in [0, 0.05) is 58.0 Å². The topological polar surface area (TPSA) is 51.2 Å². The smallest absolute Gasteiger partial charge is 0.161 e. The molecule has 7 aromatic rings. The van der Waals surface area contributed by atoms with Crippen LogP contribution >= 0.6 is 62.0 Å². The second kappa shape index (κ2) is 20.7. The number of hydrogen-bond donors (Lipinski definition) is 0. The summed E-state index contributed by atoms with van der Waals surface area (Å²) in [4.78, 5) is 0. The largest absolute Gasteiger partial charge is 0.312 e. The van der Waals surface area contributed by atoms with E-state index in [1.165, 1.54) is 0 Å². The molecule has 7 rings (SSSR count). The van der Waals surface area contributed by atoms with Crippen LogP contribution in [0.25, 0.3) is 0 Å². The van der Waals surface area contributed by atoms with Crippen molar-refractivity contribution >= 4 is 93.8 Å². The van der Waals surface area contributed by atoms with E-state index in [0.29, 0.717) is 31.8 Å². The summed E-state index contributed by atoms with van der Waals surface area (Å²) < 4.78 is 49.7. The van der Waals surface area contributed by atoms with Gasteiger partial charge in [-0.1, -0.05) is 190 Å². The van der Waals surface area contributed by atoms with Crippen molar-refractivity contribution in [3.05, 3.63) is 198 Å². The molecule has 1 atom stereocenters. The molecular weight excluding hydrogens is 881 g/mol. The number of halogens is 2. The zero-order valence-corrected chi connectivity index (χ0v) is 38.9. The first-order valence-corrected chi connectivity index (χ1v) is 24.9. The first-order chi connectivity index (χ1) is 24.7. The van der Waals surface area contributed by atoms with Crippen molar-refractivity contribution in [1.29, 1.82) is 0 Å². The number of rotatable bonds is 9. The quantitative estimate of drug-likeness (QED) is 0.136. The molecule has 0 aliphatic rings. The van der Waals surface area contributed by atoms with Gasteiger partial charge in [-0.25, -0.2) is 0 Å². The maximum absolute atomic E-state index is 16.6. The Kier molecular flexibility index (Phi) is 17.7. The van der Waals surface area contributed by atoms with E-state index in [2.05, 4.69) is 20.8 Å². The minimum atomic E-state index is -3.97. The Morgan fingerprint density at radius 3 is 0.741 bits per heavy atom. The maximum atomic E-state index is 16.6. The van der Waals surface area contributed by atoms with Crippen LogP contribution in [0.2, 0.25) is 0 Å². The summed E-state index contributed by atoms with van der Waals surface area (Å²) in [5.74, 6) is 0. The first-order valence-electron chi connectivity index (χ1n) is 16.8. The average molecular weight is 925 g/mol. The predicted molar refractivity (Wildman–Crippen MR) is 240 cm³/mol. The summed E-state index contributed by atoms with van der Waals surface area (Å²) >= 11 is 0. The van der Waals surface area contributed by atoms with Crippen LogP contribution in [0.1, 0.15) is 16.2 Å². The first kappa shape index (κ1) is 46.1. The monoisotopic (exact) mass is 922 g/mol. The normalized spacial score (nSPS) is 11.5. The third-order valence-electron chi connectivity index (χ3n) is 9.31. The molecule has 276 valence electrons. The Morgan fingerprint density at radius 2 is 0.611 bits per heavy atom. The number of aryl methyl sites for hydroxylation is 2. The van der Waals surface area contributed by atoms with E-state index in [9.17, 15) is 0 Å². The molecule has 0 fully saturated rings. The average Bonchev–Trinajstić information content (AvgIpc) is 3.50. The molecule has 0 saturated carbocycles. The fourth-order valence-corrected chi connectivity index (χ4v) is 26.1. The summed E-state index contributed by atoms with van der Waals surface area (Å²) in [6.45, 7) is 6.68. The van der Waals surface area contributed by atoms with Crippen LogP contribution in [0.3, 0.4) is 0 Å². The van der Waals surface area contributed by atoms with Gasteiger partial charge in [0.1, 0.15) is 5.14 Å². The van der Waals surface area contributed by atoms with Crippen LogP contribution in [0.15, 0.2) is 182 Å². The summed E-state index contributed by atoms with van der Waals surface area (Å²) in [6.07, 6.45) is 0. The summed E-state index contributed by atoms with van der Waals surface area (Å²) in [5, 5.41) is 4.97. The molecule has 0 aliphatic carbocycles. The van der Waals surface area contributed by atoms with Crippen LogP contribution < -0.4 is 31.8 Å². The van der Waals surface area contributed by atoms with E-state index in [1.807, 2.05) is 182 Å². The van der Waals surface area contributed by atoms with Crippen molar-refractivity contribution < 1.29 is 39.9 Å². The van der Waals surface area contributed by atoms with E-state index in [4.69, 9.17) is 0 Å². The molecule has 0 saturated heterocycles. The molecule has 0 spiro atoms. The van der Waals surface area contributed by atoms with Crippen molar-refractivity contribution in [2.75, 3.05) is 0 Å². The van der Waals surface area contributed by atoms with Crippen LogP contribution in [-0.2, 0) is 39.9 Å². The molecule has 0 N–H and O–H groups in total. The van der Waals surface area contributed by atoms with Crippen molar-refractivity contribution in [3.63, 3.8) is 0 Å². The Balaban J connectivity index is 0.000000635. The molecule has 54 heavy (non-hydrogen) atoms. The summed E-state index contributed by atoms with van der Waals surface area (Å²) in [6, 6.07) is 55.2. The molecule has 0 bridgehead atoms. The van der Waals surface area contributed by atoms with Gasteiger partial charge in [-0.3, -0.25) is 0 Å². The van der Waals surface area contributed by atoms with Crippen LogP contribution in [0, 0.1) is 20.8 Å². The van der Waals surface area contributed by atoms with E-state index >= 15 is 13.7 Å². The van der Waals surface area contributed by atoms with Gasteiger partial charge in [-0.15, -0.1) is 32.7 Å². The van der Waals surface area contributed by atoms with Gasteiger partial charge >= 0.3 is 0 Å². The Morgan fingerprint density at radius 1 is 0.407 bits per heavy atom. The van der Waals surface area contributed by atoms with Gasteiger partial charge in [0.05, 0.1) is 0 Å². The molecule has 1 unspecified atom stereocenters. The molecule has 1 aromatic heterocycles. The van der Waals surface area contributed by atoms with Crippen molar-refractivity contribution in [1.82, 2.24) is 0 Å². The fourth-order valence-electron chi connectivity index (χ4n) is 6.44. The Bertz CT molecular complexity index is 1950. The second-order valence-corrected chi connectivity index (χ2v) is 25.4. The molecule has 3 nitrogen and oxygen atoms in total. The summed E-state index contributed by atoms with van der Waals surface area (Å²) in [5.41, 5.74) is 1.55. The van der Waals surface area contributed by atoms with Crippen molar-refractivity contribution in [2.45, 2.75) is 25.9 Å². The molecular formula is C43H43Cl2O3P5Zr. The predicted octanol–water partition coefficient (Wildman–Crippen LogP) is 11.4. The molecule has 6 aromatic carbocycles. The standard InChI is InChI=1S/C37H31O3P3.C6H10P2.2ClH.Zr/c38-41(31-19-7-1-8-20-31,32-21-9-2-10-22-32)37(42(39,33-23-11-3-12-24-33)34-25-13-4-14-26-34)43(40,35-27-15-5-16-28-35)36-29-17-6-18-30-36;1-4-5(2)7-8-6(4)3;;;/h1-30,37H;7H,1-3H3;2*1H;. The van der Waals surface area contributed by atoms with Crippen LogP contribution in [0.4, 0.5) is 0 Å². The number of benzene rings is 6. The Labute approximate surface area is 355 Å². The van der Waals surface area contributed by atoms with E-state index < -0.39 is 26.6 Å². The third-order valence-corrected chi connectivity index (χ3v) is 27.3. The minimum absolute atomic E-state index is 0. The molecule has 0 aliphatic heterocycles. The Hall–Kier alpha value is -2.32. The maximum Gasteiger partial charge on any atom is 0.161 e. The zero-order valence-electron chi connectivity index (χ0n) is 30.2. The van der Waals surface area contributed by atoms with Gasteiger partial charge < -0.3 is 13.7 Å². The van der Waals surface area contributed by atoms with E-state index in [0.717, 1.165) is 7.87 Å². The van der Waals surface area contributed by atoms with Crippen molar-refractivity contribution in [2.24, 2.45) is 0 Å². The van der Waals surface area contributed by atoms with Gasteiger partial charge in [0.15, 0.2) is 21.4 Å². The van der Waals surface area contributed by atoms with Crippen LogP contribution in [-0.4, -0.2) is 5.14 Å². The van der Waals surface area contributed by atoms with E-state index in [1.54, 1.807) is 24.0 Å². The van der Waals surface area contributed by atoms with Gasteiger partial charge in [0.2, 0.25) is 0 Å². The fraction of sp³-hybridized carbons (Fsp3) is 0.0930. The second-order valence-electron chi connectivity index (χ2n) is 12.4. The molecule has 1 heterocycles. The minimum Gasteiger partial charge on any atom is -0.312 e.